The molecule has 1 aromatic rings. The molecule has 1 fully saturated rings. The van der Waals surface area contributed by atoms with Crippen LogP contribution >= 0.6 is 0 Å². The number of anilines is 1. The van der Waals surface area contributed by atoms with E-state index in [1.165, 1.54) is 12.1 Å². The van der Waals surface area contributed by atoms with Gasteiger partial charge in [0.15, 0.2) is 6.61 Å². The van der Waals surface area contributed by atoms with Gasteiger partial charge in [0.25, 0.3) is 0 Å². The minimum Gasteiger partial charge on any atom is -0.484 e. The predicted molar refractivity (Wildman–Crippen MR) is 76.7 cm³/mol. The van der Waals surface area contributed by atoms with Gasteiger partial charge in [-0.05, 0) is 43.5 Å². The maximum absolute atomic E-state index is 12.2. The highest BCUT2D eigenvalue weighted by Gasteiger charge is 2.37. The van der Waals surface area contributed by atoms with Crippen molar-refractivity contribution in [2.24, 2.45) is 5.73 Å². The van der Waals surface area contributed by atoms with Crippen molar-refractivity contribution in [1.29, 1.82) is 0 Å². The van der Waals surface area contributed by atoms with Crippen LogP contribution in [0.1, 0.15) is 31.2 Å². The maximum Gasteiger partial charge on any atom is 0.422 e. The van der Waals surface area contributed by atoms with Gasteiger partial charge in [0.1, 0.15) is 5.75 Å². The molecule has 3 N–H and O–H groups in total. The van der Waals surface area contributed by atoms with Crippen molar-refractivity contribution in [3.63, 3.8) is 0 Å². The lowest BCUT2D eigenvalue weighted by Gasteiger charge is -2.22. The summed E-state index contributed by atoms with van der Waals surface area (Å²) >= 11 is 0. The first-order valence-corrected chi connectivity index (χ1v) is 7.10. The highest BCUT2D eigenvalue weighted by Crippen LogP contribution is 2.29. The Bertz CT molecular complexity index is 552. The summed E-state index contributed by atoms with van der Waals surface area (Å²) in [7, 11) is 0. The average Bonchev–Trinajstić information content (AvgIpc) is 2.85. The van der Waals surface area contributed by atoms with Gasteiger partial charge in [0, 0.05) is 5.69 Å². The minimum atomic E-state index is -4.38. The Morgan fingerprint density at radius 1 is 1.36 bits per heavy atom. The van der Waals surface area contributed by atoms with Gasteiger partial charge < -0.3 is 15.8 Å². The molecule has 1 aliphatic carbocycles. The van der Waals surface area contributed by atoms with Crippen LogP contribution in [0.15, 0.2) is 18.2 Å². The monoisotopic (exact) mass is 316 g/mol. The SMILES string of the molecule is Cc1cc(NC(=O)C2(N)CCCC2)ccc1OCC(F)(F)F. The third-order valence-electron chi connectivity index (χ3n) is 3.77. The molecular weight excluding hydrogens is 297 g/mol. The van der Waals surface area contributed by atoms with Gasteiger partial charge in [0.05, 0.1) is 5.54 Å². The van der Waals surface area contributed by atoms with E-state index >= 15 is 0 Å². The number of hydrogen-bond donors (Lipinski definition) is 2. The Labute approximate surface area is 126 Å². The minimum absolute atomic E-state index is 0.138. The third-order valence-corrected chi connectivity index (χ3v) is 3.77. The summed E-state index contributed by atoms with van der Waals surface area (Å²) < 4.78 is 41.1. The molecule has 1 aliphatic rings. The number of ether oxygens (including phenoxy) is 1. The number of nitrogens with one attached hydrogen (secondary N) is 1. The standard InChI is InChI=1S/C15H19F3N2O2/c1-10-8-11(4-5-12(10)22-9-15(16,17)18)20-13(21)14(19)6-2-3-7-14/h4-5,8H,2-3,6-7,9,19H2,1H3,(H,20,21). The molecule has 0 unspecified atom stereocenters. The molecule has 1 amide bonds. The van der Waals surface area contributed by atoms with Crippen molar-refractivity contribution < 1.29 is 22.7 Å². The number of halogens is 3. The van der Waals surface area contributed by atoms with E-state index in [2.05, 4.69) is 5.32 Å². The molecule has 0 radical (unpaired) electrons. The zero-order chi connectivity index (χ0) is 16.4. The summed E-state index contributed by atoms with van der Waals surface area (Å²) in [5, 5.41) is 2.72. The van der Waals surface area contributed by atoms with E-state index in [-0.39, 0.29) is 11.7 Å². The lowest BCUT2D eigenvalue weighted by Crippen LogP contribution is -2.48. The highest BCUT2D eigenvalue weighted by atomic mass is 19.4. The Kier molecular flexibility index (Phi) is 4.65. The van der Waals surface area contributed by atoms with E-state index in [0.29, 0.717) is 24.1 Å². The molecule has 122 valence electrons. The van der Waals surface area contributed by atoms with Gasteiger partial charge in [0.2, 0.25) is 5.91 Å². The quantitative estimate of drug-likeness (QED) is 0.897. The molecule has 0 saturated heterocycles. The molecule has 0 spiro atoms. The Morgan fingerprint density at radius 2 is 2.00 bits per heavy atom. The normalized spacial score (nSPS) is 17.3. The van der Waals surface area contributed by atoms with Crippen LogP contribution < -0.4 is 15.8 Å². The summed E-state index contributed by atoms with van der Waals surface area (Å²) in [5.41, 5.74) is 6.22. The van der Waals surface area contributed by atoms with Crippen LogP contribution in [0.3, 0.4) is 0 Å². The van der Waals surface area contributed by atoms with E-state index in [0.717, 1.165) is 12.8 Å². The molecule has 0 atom stereocenters. The fourth-order valence-corrected chi connectivity index (χ4v) is 2.54. The van der Waals surface area contributed by atoms with Crippen molar-refractivity contribution in [1.82, 2.24) is 0 Å². The Morgan fingerprint density at radius 3 is 2.55 bits per heavy atom. The van der Waals surface area contributed by atoms with Crippen LogP contribution in [0.25, 0.3) is 0 Å². The first-order chi connectivity index (χ1) is 10.2. The van der Waals surface area contributed by atoms with E-state index in [1.807, 2.05) is 0 Å². The van der Waals surface area contributed by atoms with Crippen LogP contribution in [0.4, 0.5) is 18.9 Å². The molecule has 22 heavy (non-hydrogen) atoms. The summed E-state index contributed by atoms with van der Waals surface area (Å²) in [5.74, 6) is -0.119. The summed E-state index contributed by atoms with van der Waals surface area (Å²) in [6.07, 6.45) is -1.25. The van der Waals surface area contributed by atoms with E-state index < -0.39 is 18.3 Å². The first kappa shape index (κ1) is 16.6. The van der Waals surface area contributed by atoms with Gasteiger partial charge in [-0.15, -0.1) is 0 Å². The number of benzene rings is 1. The van der Waals surface area contributed by atoms with Crippen LogP contribution in [-0.4, -0.2) is 24.2 Å². The Hall–Kier alpha value is -1.76. The van der Waals surface area contributed by atoms with Crippen LogP contribution in [0.5, 0.6) is 5.75 Å². The second-order valence-corrected chi connectivity index (χ2v) is 5.70. The molecule has 0 aromatic heterocycles. The number of carbonyl (C=O) groups is 1. The number of aryl methyl sites for hydroxylation is 1. The summed E-state index contributed by atoms with van der Waals surface area (Å²) in [4.78, 5) is 12.2. The van der Waals surface area contributed by atoms with Crippen molar-refractivity contribution in [2.75, 3.05) is 11.9 Å². The summed E-state index contributed by atoms with van der Waals surface area (Å²) in [6, 6.07) is 4.49. The number of hydrogen-bond acceptors (Lipinski definition) is 3. The van der Waals surface area contributed by atoms with Crippen LogP contribution in [0.2, 0.25) is 0 Å². The largest absolute Gasteiger partial charge is 0.484 e. The third kappa shape index (κ3) is 4.13. The first-order valence-electron chi connectivity index (χ1n) is 7.10. The van der Waals surface area contributed by atoms with E-state index in [1.54, 1.807) is 13.0 Å². The van der Waals surface area contributed by atoms with E-state index in [9.17, 15) is 18.0 Å². The second kappa shape index (κ2) is 6.16. The number of nitrogens with two attached hydrogens (primary N) is 1. The fourth-order valence-electron chi connectivity index (χ4n) is 2.54. The topological polar surface area (TPSA) is 64.4 Å². The smallest absolute Gasteiger partial charge is 0.422 e. The van der Waals surface area contributed by atoms with Crippen molar-refractivity contribution >= 4 is 11.6 Å². The van der Waals surface area contributed by atoms with Gasteiger partial charge >= 0.3 is 6.18 Å². The van der Waals surface area contributed by atoms with Gasteiger partial charge in [-0.2, -0.15) is 13.2 Å². The number of carbonyl (C=O) groups excluding carboxylic acids is 1. The lowest BCUT2D eigenvalue weighted by atomic mass is 9.98. The lowest BCUT2D eigenvalue weighted by molar-refractivity contribution is -0.153. The zero-order valence-electron chi connectivity index (χ0n) is 12.3. The van der Waals surface area contributed by atoms with Gasteiger partial charge in [-0.25, -0.2) is 0 Å². The molecule has 0 heterocycles. The number of amides is 1. The van der Waals surface area contributed by atoms with Crippen LogP contribution in [0, 0.1) is 6.92 Å². The Balaban J connectivity index is 2.01. The molecule has 7 heteroatoms. The van der Waals surface area contributed by atoms with Crippen LogP contribution in [-0.2, 0) is 4.79 Å². The maximum atomic E-state index is 12.2. The predicted octanol–water partition coefficient (Wildman–Crippen LogP) is 3.15. The van der Waals surface area contributed by atoms with Crippen molar-refractivity contribution in [2.45, 2.75) is 44.3 Å². The van der Waals surface area contributed by atoms with Crippen molar-refractivity contribution in [3.05, 3.63) is 23.8 Å². The highest BCUT2D eigenvalue weighted by molar-refractivity contribution is 5.98. The molecule has 4 nitrogen and oxygen atoms in total. The zero-order valence-corrected chi connectivity index (χ0v) is 12.3. The number of alkyl halides is 3. The summed E-state index contributed by atoms with van der Waals surface area (Å²) in [6.45, 7) is 0.278. The molecule has 1 saturated carbocycles. The molecule has 0 bridgehead atoms. The van der Waals surface area contributed by atoms with Gasteiger partial charge in [-0.1, -0.05) is 12.8 Å². The fraction of sp³-hybridized carbons (Fsp3) is 0.533. The number of rotatable bonds is 4. The van der Waals surface area contributed by atoms with Gasteiger partial charge in [-0.3, -0.25) is 4.79 Å². The van der Waals surface area contributed by atoms with E-state index in [4.69, 9.17) is 10.5 Å². The van der Waals surface area contributed by atoms with Crippen molar-refractivity contribution in [3.8, 4) is 5.75 Å². The molecular formula is C15H19F3N2O2. The molecule has 0 aliphatic heterocycles. The average molecular weight is 316 g/mol. The second-order valence-electron chi connectivity index (χ2n) is 5.70. The molecule has 1 aromatic carbocycles. The molecule has 2 rings (SSSR count).